The Hall–Kier alpha value is -5.18. The van der Waals surface area contributed by atoms with Gasteiger partial charge in [0.05, 0.1) is 5.56 Å². The Morgan fingerprint density at radius 3 is 2.12 bits per heavy atom. The fraction of sp³-hybridized carbons (Fsp3) is 0.0938. The summed E-state index contributed by atoms with van der Waals surface area (Å²) in [6, 6.07) is 25.8. The number of carbonyl (C=O) groups excluding carboxylic acids is 1. The number of anilines is 1. The highest BCUT2D eigenvalue weighted by Crippen LogP contribution is 2.30. The second-order valence-electron chi connectivity index (χ2n) is 9.49. The van der Waals surface area contributed by atoms with Crippen LogP contribution < -0.4 is 10.9 Å². The Kier molecular flexibility index (Phi) is 7.43. The number of aliphatic carboxylic acids is 1. The molecule has 9 heteroatoms. The molecule has 0 saturated heterocycles. The van der Waals surface area contributed by atoms with Gasteiger partial charge in [0, 0.05) is 23.7 Å². The van der Waals surface area contributed by atoms with Crippen LogP contribution in [0.2, 0.25) is 0 Å². The van der Waals surface area contributed by atoms with Gasteiger partial charge in [0.15, 0.2) is 0 Å². The van der Waals surface area contributed by atoms with Crippen LogP contribution in [0.15, 0.2) is 114 Å². The molecular weight excluding hydrogens is 533 g/mol. The van der Waals surface area contributed by atoms with Gasteiger partial charge >= 0.3 is 12.1 Å². The molecular formula is C32H23F3N2O4. The Labute approximate surface area is 232 Å². The molecule has 0 spiro atoms. The Morgan fingerprint density at radius 1 is 0.805 bits per heavy atom. The van der Waals surface area contributed by atoms with Crippen LogP contribution in [0.5, 0.6) is 0 Å². The number of amides is 1. The first kappa shape index (κ1) is 27.4. The zero-order chi connectivity index (χ0) is 29.1. The third kappa shape index (κ3) is 6.04. The van der Waals surface area contributed by atoms with Crippen molar-refractivity contribution in [1.29, 1.82) is 0 Å². The highest BCUT2D eigenvalue weighted by molar-refractivity contribution is 6.04. The minimum absolute atomic E-state index is 0.00352. The number of benzene rings is 4. The topological polar surface area (TPSA) is 88.4 Å². The predicted octanol–water partition coefficient (Wildman–Crippen LogP) is 6.81. The number of hydrogen-bond donors (Lipinski definition) is 2. The normalized spacial score (nSPS) is 12.2. The van der Waals surface area contributed by atoms with E-state index in [1.54, 1.807) is 30.3 Å². The molecule has 5 rings (SSSR count). The molecule has 4 aromatic carbocycles. The molecule has 0 radical (unpaired) electrons. The number of carboxylic acid groups (broad SMARTS) is 1. The summed E-state index contributed by atoms with van der Waals surface area (Å²) in [5.74, 6) is -2.06. The Balaban J connectivity index is 1.60. The van der Waals surface area contributed by atoms with Gasteiger partial charge in [-0.05, 0) is 58.3 Å². The number of fused-ring (bicyclic) bond motifs is 1. The van der Waals surface area contributed by atoms with E-state index in [9.17, 15) is 32.7 Å². The molecule has 5 aromatic rings. The molecule has 1 heterocycles. The number of pyridine rings is 1. The minimum Gasteiger partial charge on any atom is -0.480 e. The van der Waals surface area contributed by atoms with Gasteiger partial charge in [-0.15, -0.1) is 0 Å². The maximum absolute atomic E-state index is 13.6. The fourth-order valence-corrected chi connectivity index (χ4v) is 4.60. The average molecular weight is 557 g/mol. The van der Waals surface area contributed by atoms with E-state index in [1.165, 1.54) is 12.3 Å². The summed E-state index contributed by atoms with van der Waals surface area (Å²) in [5, 5.41) is 14.5. The summed E-state index contributed by atoms with van der Waals surface area (Å²) in [5.41, 5.74) is -0.154. The van der Waals surface area contributed by atoms with Crippen LogP contribution in [0.1, 0.15) is 27.5 Å². The van der Waals surface area contributed by atoms with E-state index in [1.807, 2.05) is 42.5 Å². The predicted molar refractivity (Wildman–Crippen MR) is 150 cm³/mol. The molecule has 0 unspecified atom stereocenters. The Morgan fingerprint density at radius 2 is 1.46 bits per heavy atom. The van der Waals surface area contributed by atoms with Gasteiger partial charge < -0.3 is 10.4 Å². The van der Waals surface area contributed by atoms with Gasteiger partial charge in [-0.25, -0.2) is 4.79 Å². The molecule has 2 N–H and O–H groups in total. The van der Waals surface area contributed by atoms with Crippen molar-refractivity contribution in [2.45, 2.75) is 18.6 Å². The summed E-state index contributed by atoms with van der Waals surface area (Å²) < 4.78 is 40.0. The summed E-state index contributed by atoms with van der Waals surface area (Å²) >= 11 is 0. The number of nitrogens with zero attached hydrogens (tertiary/aromatic N) is 1. The summed E-state index contributed by atoms with van der Waals surface area (Å²) in [4.78, 5) is 39.0. The third-order valence-corrected chi connectivity index (χ3v) is 6.74. The molecule has 1 atom stereocenters. The molecule has 0 aliphatic carbocycles. The quantitative estimate of drug-likeness (QED) is 0.231. The van der Waals surface area contributed by atoms with Crippen molar-refractivity contribution >= 4 is 28.3 Å². The van der Waals surface area contributed by atoms with E-state index in [4.69, 9.17) is 0 Å². The zero-order valence-corrected chi connectivity index (χ0v) is 21.4. The lowest BCUT2D eigenvalue weighted by atomic mass is 10.0. The van der Waals surface area contributed by atoms with Crippen LogP contribution in [0, 0.1) is 0 Å². The standard InChI is InChI=1S/C32H23F3N2O4/c33-32(34,35)26-14-12-22(13-15-26)29(38)36-27-18-25(24-11-10-21-8-4-5-9-23(21)17-24)19-37(30(27)39)28(31(40)41)16-20-6-2-1-3-7-20/h1-15,17-19,28H,16H2,(H,36,38)(H,40,41)/t28-/m0/s1. The van der Waals surface area contributed by atoms with Crippen molar-refractivity contribution in [3.63, 3.8) is 0 Å². The molecule has 0 aliphatic heterocycles. The van der Waals surface area contributed by atoms with Crippen LogP contribution in [-0.2, 0) is 17.4 Å². The monoisotopic (exact) mass is 556 g/mol. The van der Waals surface area contributed by atoms with Crippen molar-refractivity contribution in [3.05, 3.63) is 136 Å². The summed E-state index contributed by atoms with van der Waals surface area (Å²) in [6.07, 6.45) is -3.12. The van der Waals surface area contributed by atoms with Crippen LogP contribution in [0.25, 0.3) is 21.9 Å². The number of carboxylic acids is 1. The number of alkyl halides is 3. The first-order chi connectivity index (χ1) is 19.6. The van der Waals surface area contributed by atoms with E-state index in [-0.39, 0.29) is 17.7 Å². The van der Waals surface area contributed by atoms with Crippen molar-refractivity contribution in [3.8, 4) is 11.1 Å². The van der Waals surface area contributed by atoms with Crippen LogP contribution in [-0.4, -0.2) is 21.6 Å². The fourth-order valence-electron chi connectivity index (χ4n) is 4.60. The molecule has 0 aliphatic rings. The number of rotatable bonds is 7. The maximum Gasteiger partial charge on any atom is 0.416 e. The maximum atomic E-state index is 13.6. The minimum atomic E-state index is -4.57. The van der Waals surface area contributed by atoms with E-state index >= 15 is 0 Å². The highest BCUT2D eigenvalue weighted by Gasteiger charge is 2.30. The molecule has 1 amide bonds. The number of hydrogen-bond acceptors (Lipinski definition) is 3. The number of halogens is 3. The van der Waals surface area contributed by atoms with E-state index in [0.717, 1.165) is 39.6 Å². The van der Waals surface area contributed by atoms with Gasteiger partial charge in [0.1, 0.15) is 11.7 Å². The van der Waals surface area contributed by atoms with E-state index in [0.29, 0.717) is 16.7 Å². The van der Waals surface area contributed by atoms with Crippen molar-refractivity contribution in [1.82, 2.24) is 4.57 Å². The van der Waals surface area contributed by atoms with E-state index < -0.39 is 35.2 Å². The van der Waals surface area contributed by atoms with Crippen molar-refractivity contribution in [2.75, 3.05) is 5.32 Å². The van der Waals surface area contributed by atoms with E-state index in [2.05, 4.69) is 5.32 Å². The second-order valence-corrected chi connectivity index (χ2v) is 9.49. The second kappa shape index (κ2) is 11.1. The lowest BCUT2D eigenvalue weighted by molar-refractivity contribution is -0.141. The highest BCUT2D eigenvalue weighted by atomic mass is 19.4. The van der Waals surface area contributed by atoms with Gasteiger partial charge in [0.25, 0.3) is 11.5 Å². The number of nitrogens with one attached hydrogen (secondary N) is 1. The Bertz CT molecular complexity index is 1800. The molecule has 0 fully saturated rings. The SMILES string of the molecule is O=C(Nc1cc(-c2ccc3ccccc3c2)cn([C@@H](Cc2ccccc2)C(=O)O)c1=O)c1ccc(C(F)(F)F)cc1. The summed E-state index contributed by atoms with van der Waals surface area (Å²) in [6.45, 7) is 0. The molecule has 41 heavy (non-hydrogen) atoms. The zero-order valence-electron chi connectivity index (χ0n) is 21.4. The van der Waals surface area contributed by atoms with Gasteiger partial charge in [-0.3, -0.25) is 14.2 Å². The van der Waals surface area contributed by atoms with Crippen LogP contribution >= 0.6 is 0 Å². The molecule has 0 bridgehead atoms. The van der Waals surface area contributed by atoms with Gasteiger partial charge in [-0.1, -0.05) is 66.7 Å². The lowest BCUT2D eigenvalue weighted by Gasteiger charge is -2.19. The smallest absolute Gasteiger partial charge is 0.416 e. The first-order valence-electron chi connectivity index (χ1n) is 12.6. The third-order valence-electron chi connectivity index (χ3n) is 6.74. The molecule has 6 nitrogen and oxygen atoms in total. The van der Waals surface area contributed by atoms with Crippen LogP contribution in [0.4, 0.5) is 18.9 Å². The van der Waals surface area contributed by atoms with Crippen LogP contribution in [0.3, 0.4) is 0 Å². The van der Waals surface area contributed by atoms with Crippen molar-refractivity contribution < 1.29 is 27.9 Å². The number of aromatic nitrogens is 1. The number of carbonyl (C=O) groups is 2. The van der Waals surface area contributed by atoms with Gasteiger partial charge in [-0.2, -0.15) is 13.2 Å². The molecule has 1 aromatic heterocycles. The average Bonchev–Trinajstić information content (AvgIpc) is 2.97. The van der Waals surface area contributed by atoms with Gasteiger partial charge in [0.2, 0.25) is 0 Å². The van der Waals surface area contributed by atoms with Crippen molar-refractivity contribution in [2.24, 2.45) is 0 Å². The largest absolute Gasteiger partial charge is 0.480 e. The molecule has 0 saturated carbocycles. The first-order valence-corrected chi connectivity index (χ1v) is 12.6. The lowest BCUT2D eigenvalue weighted by Crippen LogP contribution is -2.33. The molecule has 206 valence electrons. The summed E-state index contributed by atoms with van der Waals surface area (Å²) in [7, 11) is 0.